The molecule has 3 nitrogen and oxygen atoms in total. The number of nitrogens with zero attached hydrogens (tertiary/aromatic N) is 1. The lowest BCUT2D eigenvalue weighted by molar-refractivity contribution is 0.141. The Morgan fingerprint density at radius 2 is 2.00 bits per heavy atom. The van der Waals surface area contributed by atoms with Crippen molar-refractivity contribution in [2.75, 3.05) is 26.8 Å². The van der Waals surface area contributed by atoms with Gasteiger partial charge in [-0.15, -0.1) is 0 Å². The summed E-state index contributed by atoms with van der Waals surface area (Å²) in [6.45, 7) is 2.89. The first-order chi connectivity index (χ1) is 9.20. The first-order valence-corrected chi connectivity index (χ1v) is 7.74. The van der Waals surface area contributed by atoms with Crippen molar-refractivity contribution >= 4 is 15.9 Å². The van der Waals surface area contributed by atoms with Gasteiger partial charge in [-0.2, -0.15) is 0 Å². The molecule has 0 amide bonds. The van der Waals surface area contributed by atoms with Crippen LogP contribution in [-0.4, -0.2) is 37.7 Å². The molecular formula is C15H23BrN2O. The predicted octanol–water partition coefficient (Wildman–Crippen LogP) is 2.95. The topological polar surface area (TPSA) is 38.5 Å². The van der Waals surface area contributed by atoms with Crippen LogP contribution in [0.2, 0.25) is 0 Å². The Morgan fingerprint density at radius 3 is 2.58 bits per heavy atom. The molecule has 0 aliphatic heterocycles. The van der Waals surface area contributed by atoms with Crippen molar-refractivity contribution in [2.24, 2.45) is 5.73 Å². The summed E-state index contributed by atoms with van der Waals surface area (Å²) < 4.78 is 6.28. The maximum Gasteiger partial charge on any atom is 0.0589 e. The van der Waals surface area contributed by atoms with Gasteiger partial charge in [0.05, 0.1) is 6.61 Å². The van der Waals surface area contributed by atoms with Gasteiger partial charge in [0, 0.05) is 36.8 Å². The first kappa shape index (κ1) is 15.0. The highest BCUT2D eigenvalue weighted by atomic mass is 79.9. The molecule has 1 aliphatic carbocycles. The van der Waals surface area contributed by atoms with Gasteiger partial charge in [-0.25, -0.2) is 0 Å². The molecule has 0 aromatic heterocycles. The van der Waals surface area contributed by atoms with E-state index in [1.165, 1.54) is 18.4 Å². The van der Waals surface area contributed by atoms with Crippen molar-refractivity contribution < 1.29 is 4.74 Å². The number of rotatable bonds is 8. The Bertz CT molecular complexity index is 378. The molecule has 1 aliphatic rings. The van der Waals surface area contributed by atoms with Gasteiger partial charge in [0.25, 0.3) is 0 Å². The molecule has 2 N–H and O–H groups in total. The van der Waals surface area contributed by atoms with Crippen LogP contribution in [0.3, 0.4) is 0 Å². The summed E-state index contributed by atoms with van der Waals surface area (Å²) in [6, 6.07) is 9.21. The molecule has 106 valence electrons. The number of methoxy groups -OCH3 is 1. The van der Waals surface area contributed by atoms with Crippen molar-refractivity contribution in [3.63, 3.8) is 0 Å². The van der Waals surface area contributed by atoms with Crippen molar-refractivity contribution in [2.45, 2.75) is 31.3 Å². The summed E-state index contributed by atoms with van der Waals surface area (Å²) in [6.07, 6.45) is 3.66. The third-order valence-electron chi connectivity index (χ3n) is 3.67. The van der Waals surface area contributed by atoms with E-state index >= 15 is 0 Å². The zero-order valence-electron chi connectivity index (χ0n) is 11.5. The molecule has 1 fully saturated rings. The fraction of sp³-hybridized carbons (Fsp3) is 0.600. The number of nitrogens with two attached hydrogens (primary N) is 1. The van der Waals surface area contributed by atoms with Crippen LogP contribution in [0, 0.1) is 0 Å². The normalized spacial score (nSPS) is 16.8. The molecule has 0 radical (unpaired) electrons. The maximum atomic E-state index is 6.27. The van der Waals surface area contributed by atoms with Gasteiger partial charge in [0.1, 0.15) is 0 Å². The van der Waals surface area contributed by atoms with Crippen LogP contribution in [-0.2, 0) is 4.74 Å². The highest BCUT2D eigenvalue weighted by molar-refractivity contribution is 9.10. The number of halogens is 1. The summed E-state index contributed by atoms with van der Waals surface area (Å²) in [5.41, 5.74) is 7.48. The van der Waals surface area contributed by atoms with E-state index < -0.39 is 0 Å². The van der Waals surface area contributed by atoms with E-state index in [0.29, 0.717) is 0 Å². The zero-order chi connectivity index (χ0) is 13.7. The predicted molar refractivity (Wildman–Crippen MR) is 82.2 cm³/mol. The Morgan fingerprint density at radius 1 is 1.32 bits per heavy atom. The molecular weight excluding hydrogens is 304 g/mol. The summed E-state index contributed by atoms with van der Waals surface area (Å²) in [5, 5.41) is 0. The van der Waals surface area contributed by atoms with Gasteiger partial charge in [-0.1, -0.05) is 28.1 Å². The highest BCUT2D eigenvalue weighted by Gasteiger charge is 2.28. The second kappa shape index (κ2) is 7.39. The fourth-order valence-corrected chi connectivity index (χ4v) is 2.57. The van der Waals surface area contributed by atoms with Crippen LogP contribution in [0.1, 0.15) is 30.9 Å². The molecule has 19 heavy (non-hydrogen) atoms. The van der Waals surface area contributed by atoms with Gasteiger partial charge in [0.15, 0.2) is 0 Å². The second-order valence-corrected chi connectivity index (χ2v) is 6.12. The lowest BCUT2D eigenvalue weighted by atomic mass is 10.0. The van der Waals surface area contributed by atoms with Crippen LogP contribution >= 0.6 is 15.9 Å². The first-order valence-electron chi connectivity index (χ1n) is 6.94. The summed E-state index contributed by atoms with van der Waals surface area (Å²) in [5.74, 6) is 0. The molecule has 1 saturated carbocycles. The SMILES string of the molecule is COCCN(CCC(N)c1ccc(Br)cc1)C1CC1. The van der Waals surface area contributed by atoms with Crippen molar-refractivity contribution in [1.29, 1.82) is 0 Å². The molecule has 1 unspecified atom stereocenters. The molecule has 0 heterocycles. The zero-order valence-corrected chi connectivity index (χ0v) is 13.1. The number of ether oxygens (including phenoxy) is 1. The number of hydrogen-bond donors (Lipinski definition) is 1. The lowest BCUT2D eigenvalue weighted by Crippen LogP contribution is -2.32. The molecule has 1 atom stereocenters. The van der Waals surface area contributed by atoms with E-state index in [9.17, 15) is 0 Å². The number of hydrogen-bond acceptors (Lipinski definition) is 3. The number of benzene rings is 1. The third-order valence-corrected chi connectivity index (χ3v) is 4.20. The van der Waals surface area contributed by atoms with Crippen molar-refractivity contribution in [3.05, 3.63) is 34.3 Å². The minimum Gasteiger partial charge on any atom is -0.383 e. The van der Waals surface area contributed by atoms with Crippen LogP contribution in [0.15, 0.2) is 28.7 Å². The van der Waals surface area contributed by atoms with E-state index in [1.54, 1.807) is 7.11 Å². The quantitative estimate of drug-likeness (QED) is 0.798. The van der Waals surface area contributed by atoms with Crippen LogP contribution in [0.5, 0.6) is 0 Å². The molecule has 0 saturated heterocycles. The molecule has 4 heteroatoms. The lowest BCUT2D eigenvalue weighted by Gasteiger charge is -2.23. The second-order valence-electron chi connectivity index (χ2n) is 5.21. The third kappa shape index (κ3) is 4.88. The Kier molecular flexibility index (Phi) is 5.82. The standard InChI is InChI=1S/C15H23BrN2O/c1-19-11-10-18(14-6-7-14)9-8-15(17)12-2-4-13(16)5-3-12/h2-5,14-15H,6-11,17H2,1H3. The van der Waals surface area contributed by atoms with E-state index in [1.807, 2.05) is 0 Å². The smallest absolute Gasteiger partial charge is 0.0589 e. The molecule has 1 aromatic rings. The summed E-state index contributed by atoms with van der Waals surface area (Å²) in [4.78, 5) is 2.52. The van der Waals surface area contributed by atoms with Gasteiger partial charge in [0.2, 0.25) is 0 Å². The molecule has 0 spiro atoms. The minimum atomic E-state index is 0.122. The van der Waals surface area contributed by atoms with E-state index in [4.69, 9.17) is 10.5 Å². The van der Waals surface area contributed by atoms with E-state index in [-0.39, 0.29) is 6.04 Å². The molecule has 2 rings (SSSR count). The van der Waals surface area contributed by atoms with Crippen LogP contribution < -0.4 is 5.73 Å². The molecule has 1 aromatic carbocycles. The minimum absolute atomic E-state index is 0.122. The van der Waals surface area contributed by atoms with Gasteiger partial charge < -0.3 is 10.5 Å². The highest BCUT2D eigenvalue weighted by Crippen LogP contribution is 2.27. The van der Waals surface area contributed by atoms with Crippen molar-refractivity contribution in [1.82, 2.24) is 4.90 Å². The van der Waals surface area contributed by atoms with Crippen molar-refractivity contribution in [3.8, 4) is 0 Å². The molecule has 0 bridgehead atoms. The van der Waals surface area contributed by atoms with Crippen LogP contribution in [0.25, 0.3) is 0 Å². The Balaban J connectivity index is 1.80. The van der Waals surface area contributed by atoms with Crippen LogP contribution in [0.4, 0.5) is 0 Å². The Labute approximate surface area is 124 Å². The van der Waals surface area contributed by atoms with E-state index in [2.05, 4.69) is 45.1 Å². The largest absolute Gasteiger partial charge is 0.383 e. The van der Waals surface area contributed by atoms with Gasteiger partial charge in [-0.3, -0.25) is 4.90 Å². The average molecular weight is 327 g/mol. The van der Waals surface area contributed by atoms with E-state index in [0.717, 1.165) is 36.6 Å². The Hall–Kier alpha value is -0.420. The summed E-state index contributed by atoms with van der Waals surface area (Å²) in [7, 11) is 1.76. The van der Waals surface area contributed by atoms with Gasteiger partial charge >= 0.3 is 0 Å². The van der Waals surface area contributed by atoms with Gasteiger partial charge in [-0.05, 0) is 37.0 Å². The summed E-state index contributed by atoms with van der Waals surface area (Å²) >= 11 is 3.45. The monoisotopic (exact) mass is 326 g/mol. The maximum absolute atomic E-state index is 6.27. The average Bonchev–Trinajstić information content (AvgIpc) is 3.24. The fourth-order valence-electron chi connectivity index (χ4n) is 2.31.